The van der Waals surface area contributed by atoms with Gasteiger partial charge in [0.15, 0.2) is 0 Å². The number of benzene rings is 3. The van der Waals surface area contributed by atoms with Crippen LogP contribution in [0.4, 0.5) is 4.39 Å². The summed E-state index contributed by atoms with van der Waals surface area (Å²) in [4.78, 5) is 0. The molecule has 0 nitrogen and oxygen atoms in total. The molecule has 0 saturated heterocycles. The molecule has 0 heterocycles. The van der Waals surface area contributed by atoms with Gasteiger partial charge >= 0.3 is 0 Å². The Balaban J connectivity index is 1.41. The van der Waals surface area contributed by atoms with Gasteiger partial charge in [-0.25, -0.2) is 4.39 Å². The molecule has 0 unspecified atom stereocenters. The van der Waals surface area contributed by atoms with Crippen LogP contribution in [0.5, 0.6) is 0 Å². The Hall–Kier alpha value is -2.85. The fraction of sp³-hybridized carbons (Fsp3) is 0.355. The van der Waals surface area contributed by atoms with Crippen molar-refractivity contribution in [2.45, 2.75) is 64.2 Å². The minimum atomic E-state index is -0.207. The second-order valence-electron chi connectivity index (χ2n) is 9.25. The first-order valence-corrected chi connectivity index (χ1v) is 12.1. The molecule has 32 heavy (non-hydrogen) atoms. The van der Waals surface area contributed by atoms with Crippen molar-refractivity contribution in [2.24, 2.45) is 5.92 Å². The zero-order valence-electron chi connectivity index (χ0n) is 19.1. The zero-order valence-corrected chi connectivity index (χ0v) is 19.1. The van der Waals surface area contributed by atoms with Gasteiger partial charge in [-0.15, -0.1) is 6.42 Å². The molecule has 1 heteroatoms. The number of hydrogen-bond donors (Lipinski definition) is 0. The minimum absolute atomic E-state index is 0.207. The zero-order chi connectivity index (χ0) is 22.3. The van der Waals surface area contributed by atoms with Gasteiger partial charge in [0.1, 0.15) is 5.82 Å². The van der Waals surface area contributed by atoms with E-state index in [0.29, 0.717) is 11.5 Å². The molecule has 4 rings (SSSR count). The van der Waals surface area contributed by atoms with Gasteiger partial charge in [-0.2, -0.15) is 0 Å². The highest BCUT2D eigenvalue weighted by atomic mass is 19.1. The summed E-state index contributed by atoms with van der Waals surface area (Å²) in [7, 11) is 0. The monoisotopic (exact) mass is 424 g/mol. The maximum absolute atomic E-state index is 14.9. The van der Waals surface area contributed by atoms with Crippen molar-refractivity contribution < 1.29 is 4.39 Å². The smallest absolute Gasteiger partial charge is 0.131 e. The molecule has 1 fully saturated rings. The Bertz CT molecular complexity index is 1050. The average Bonchev–Trinajstić information content (AvgIpc) is 2.85. The molecular weight excluding hydrogens is 391 g/mol. The lowest BCUT2D eigenvalue weighted by molar-refractivity contribution is 0.303. The van der Waals surface area contributed by atoms with Gasteiger partial charge in [0.2, 0.25) is 0 Å². The summed E-state index contributed by atoms with van der Waals surface area (Å²) in [5.74, 6) is 4.00. The molecule has 164 valence electrons. The van der Waals surface area contributed by atoms with E-state index in [-0.39, 0.29) is 5.82 Å². The maximum Gasteiger partial charge on any atom is 0.131 e. The normalized spacial score (nSPS) is 18.3. The van der Waals surface area contributed by atoms with Crippen LogP contribution in [0.15, 0.2) is 66.7 Å². The van der Waals surface area contributed by atoms with Crippen LogP contribution in [0.25, 0.3) is 22.3 Å². The van der Waals surface area contributed by atoms with Crippen LogP contribution in [0, 0.1) is 24.1 Å². The predicted molar refractivity (Wildman–Crippen MR) is 134 cm³/mol. The molecule has 0 amide bonds. The molecule has 1 aliphatic rings. The highest BCUT2D eigenvalue weighted by molar-refractivity contribution is 5.71. The first kappa shape index (κ1) is 22.3. The van der Waals surface area contributed by atoms with E-state index in [1.54, 1.807) is 6.07 Å². The summed E-state index contributed by atoms with van der Waals surface area (Å²) < 4.78 is 14.9. The van der Waals surface area contributed by atoms with Crippen LogP contribution in [0.3, 0.4) is 0 Å². The van der Waals surface area contributed by atoms with Gasteiger partial charge in [0, 0.05) is 11.1 Å². The topological polar surface area (TPSA) is 0 Å². The first-order chi connectivity index (χ1) is 15.7. The molecule has 0 spiro atoms. The predicted octanol–water partition coefficient (Wildman–Crippen LogP) is 9.00. The van der Waals surface area contributed by atoms with Crippen molar-refractivity contribution in [1.29, 1.82) is 0 Å². The number of rotatable bonds is 7. The third-order valence-electron chi connectivity index (χ3n) is 7.11. The van der Waals surface area contributed by atoms with E-state index in [1.165, 1.54) is 56.9 Å². The van der Waals surface area contributed by atoms with Gasteiger partial charge in [-0.05, 0) is 78.0 Å². The SMILES string of the molecule is C#Cc1ccc(-c2ccc(-c3ccc(C4CCC(CCCCC)CC4)cc3)cc2F)cc1. The molecule has 0 radical (unpaired) electrons. The summed E-state index contributed by atoms with van der Waals surface area (Å²) in [5.41, 5.74) is 5.66. The van der Waals surface area contributed by atoms with Crippen molar-refractivity contribution >= 4 is 0 Å². The quantitative estimate of drug-likeness (QED) is 0.262. The summed E-state index contributed by atoms with van der Waals surface area (Å²) in [6.45, 7) is 2.28. The van der Waals surface area contributed by atoms with Gasteiger partial charge in [0.25, 0.3) is 0 Å². The summed E-state index contributed by atoms with van der Waals surface area (Å²) in [6.07, 6.45) is 16.3. The standard InChI is InChI=1S/C31H33F/c1-3-5-6-7-24-10-12-25(13-11-24)26-16-18-27(19-17-26)29-20-21-30(31(32)22-29)28-14-8-23(4-2)9-15-28/h2,8-9,14-22,24-25H,3,5-7,10-13H2,1H3. The lowest BCUT2D eigenvalue weighted by atomic mass is 9.77. The third kappa shape index (κ3) is 5.31. The van der Waals surface area contributed by atoms with Crippen LogP contribution in [0.1, 0.15) is 75.3 Å². The van der Waals surface area contributed by atoms with E-state index in [1.807, 2.05) is 36.4 Å². The van der Waals surface area contributed by atoms with Crippen LogP contribution < -0.4 is 0 Å². The Morgan fingerprint density at radius 2 is 1.47 bits per heavy atom. The third-order valence-corrected chi connectivity index (χ3v) is 7.11. The lowest BCUT2D eigenvalue weighted by Crippen LogP contribution is -2.13. The Kier molecular flexibility index (Phi) is 7.43. The van der Waals surface area contributed by atoms with E-state index in [2.05, 4.69) is 37.1 Å². The van der Waals surface area contributed by atoms with E-state index >= 15 is 0 Å². The van der Waals surface area contributed by atoms with E-state index in [9.17, 15) is 4.39 Å². The van der Waals surface area contributed by atoms with E-state index in [4.69, 9.17) is 6.42 Å². The largest absolute Gasteiger partial charge is 0.206 e. The maximum atomic E-state index is 14.9. The highest BCUT2D eigenvalue weighted by Gasteiger charge is 2.22. The lowest BCUT2D eigenvalue weighted by Gasteiger charge is -2.29. The Morgan fingerprint density at radius 1 is 0.812 bits per heavy atom. The molecule has 3 aromatic carbocycles. The van der Waals surface area contributed by atoms with Crippen molar-refractivity contribution in [2.75, 3.05) is 0 Å². The fourth-order valence-electron chi connectivity index (χ4n) is 5.09. The molecule has 0 N–H and O–H groups in total. The van der Waals surface area contributed by atoms with Gasteiger partial charge < -0.3 is 0 Å². The van der Waals surface area contributed by atoms with Gasteiger partial charge in [-0.3, -0.25) is 0 Å². The van der Waals surface area contributed by atoms with Gasteiger partial charge in [-0.1, -0.05) is 87.1 Å². The molecule has 3 aromatic rings. The van der Waals surface area contributed by atoms with Crippen molar-refractivity contribution in [3.05, 3.63) is 83.7 Å². The molecule has 1 saturated carbocycles. The molecule has 0 aliphatic heterocycles. The number of terminal acetylenes is 1. The van der Waals surface area contributed by atoms with Crippen LogP contribution in [-0.2, 0) is 0 Å². The van der Waals surface area contributed by atoms with Gasteiger partial charge in [0.05, 0.1) is 0 Å². The second kappa shape index (κ2) is 10.6. The van der Waals surface area contributed by atoms with Crippen LogP contribution in [0.2, 0.25) is 0 Å². The molecule has 0 atom stereocenters. The summed E-state index contributed by atoms with van der Waals surface area (Å²) in [5, 5.41) is 0. The van der Waals surface area contributed by atoms with Crippen molar-refractivity contribution in [1.82, 2.24) is 0 Å². The highest BCUT2D eigenvalue weighted by Crippen LogP contribution is 2.38. The molecular formula is C31H33F. The van der Waals surface area contributed by atoms with Crippen molar-refractivity contribution in [3.63, 3.8) is 0 Å². The number of halogens is 1. The summed E-state index contributed by atoms with van der Waals surface area (Å²) >= 11 is 0. The number of hydrogen-bond acceptors (Lipinski definition) is 0. The van der Waals surface area contributed by atoms with Crippen LogP contribution in [-0.4, -0.2) is 0 Å². The Morgan fingerprint density at radius 3 is 2.09 bits per heavy atom. The molecule has 0 aromatic heterocycles. The van der Waals surface area contributed by atoms with Crippen LogP contribution >= 0.6 is 0 Å². The first-order valence-electron chi connectivity index (χ1n) is 12.1. The Labute approximate surface area is 192 Å². The molecule has 0 bridgehead atoms. The molecule has 1 aliphatic carbocycles. The minimum Gasteiger partial charge on any atom is -0.206 e. The second-order valence-corrected chi connectivity index (χ2v) is 9.25. The van der Waals surface area contributed by atoms with Crippen molar-refractivity contribution in [3.8, 4) is 34.6 Å². The van der Waals surface area contributed by atoms with E-state index < -0.39 is 0 Å². The van der Waals surface area contributed by atoms with E-state index in [0.717, 1.165) is 28.2 Å². The average molecular weight is 425 g/mol. The fourth-order valence-corrected chi connectivity index (χ4v) is 5.09. The number of unbranched alkanes of at least 4 members (excludes halogenated alkanes) is 2. The summed E-state index contributed by atoms with van der Waals surface area (Å²) in [6, 6.07) is 21.8.